The van der Waals surface area contributed by atoms with E-state index in [9.17, 15) is 23.2 Å². The third kappa shape index (κ3) is 7.29. The molecule has 2 unspecified atom stereocenters. The summed E-state index contributed by atoms with van der Waals surface area (Å²) in [7, 11) is 1.41. The Morgan fingerprint density at radius 1 is 1.22 bits per heavy atom. The molecule has 1 amide bonds. The van der Waals surface area contributed by atoms with Crippen LogP contribution in [0.3, 0.4) is 0 Å². The summed E-state index contributed by atoms with van der Waals surface area (Å²) < 4.78 is 34.2. The van der Waals surface area contributed by atoms with Crippen molar-refractivity contribution in [1.29, 1.82) is 0 Å². The van der Waals surface area contributed by atoms with E-state index >= 15 is 0 Å². The minimum absolute atomic E-state index is 0.0211. The molecule has 1 N–H and O–H groups in total. The molecule has 0 radical (unpaired) electrons. The number of likely N-dealkylation sites (N-methyl/N-ethyl adjacent to an activating group) is 1. The highest BCUT2D eigenvalue weighted by Gasteiger charge is 2.48. The summed E-state index contributed by atoms with van der Waals surface area (Å²) in [6.45, 7) is 8.07. The van der Waals surface area contributed by atoms with Gasteiger partial charge in [-0.1, -0.05) is 27.2 Å². The summed E-state index contributed by atoms with van der Waals surface area (Å²) in [6.07, 6.45) is 8.65. The molecule has 0 bridgehead atoms. The van der Waals surface area contributed by atoms with E-state index in [1.165, 1.54) is 51.3 Å². The Morgan fingerprint density at radius 2 is 1.86 bits per heavy atom. The minimum Gasteiger partial charge on any atom is -0.465 e. The molecule has 4 rings (SSSR count). The molecule has 2 saturated carbocycles. The van der Waals surface area contributed by atoms with Crippen molar-refractivity contribution in [3.63, 3.8) is 0 Å². The van der Waals surface area contributed by atoms with Crippen molar-refractivity contribution in [3.8, 4) is 0 Å². The molecule has 1 saturated heterocycles. The van der Waals surface area contributed by atoms with Crippen molar-refractivity contribution in [3.05, 3.63) is 29.3 Å². The molecule has 2 aliphatic carbocycles. The van der Waals surface area contributed by atoms with Crippen LogP contribution in [0, 0.1) is 34.8 Å². The topological polar surface area (TPSA) is 75.7 Å². The van der Waals surface area contributed by atoms with Crippen LogP contribution in [-0.2, 0) is 19.1 Å². The molecule has 206 valence electrons. The summed E-state index contributed by atoms with van der Waals surface area (Å²) in [5, 5.41) is 2.40. The highest BCUT2D eigenvalue weighted by atomic mass is 19.1. The summed E-state index contributed by atoms with van der Waals surface area (Å²) in [5.74, 6) is -1.83. The van der Waals surface area contributed by atoms with Gasteiger partial charge < -0.3 is 19.7 Å². The lowest BCUT2D eigenvalue weighted by molar-refractivity contribution is -0.153. The van der Waals surface area contributed by atoms with Gasteiger partial charge in [0.05, 0.1) is 18.4 Å². The van der Waals surface area contributed by atoms with Gasteiger partial charge in [0.2, 0.25) is 5.91 Å². The molecule has 1 aromatic carbocycles. The number of amides is 1. The van der Waals surface area contributed by atoms with Gasteiger partial charge in [0.15, 0.2) is 0 Å². The standard InChI is InChI=1S/C17H22F2N2O2.C12H20O2/c1-11-5-6-21(10-11)12-8-14(18)16(15(19)9-12)13(4-3-7-22)17(23)20-2;1-9(2)11(13)14-8-10-6-12(7-10)4-3-5-12/h7-9,11,13H,3-6,10H2,1-2H3,(H,20,23);9-10H,3-8H2,1-2H3. The molecule has 1 spiro atoms. The average Bonchev–Trinajstić information content (AvgIpc) is 3.24. The van der Waals surface area contributed by atoms with Crippen LogP contribution in [0.1, 0.15) is 83.6 Å². The quantitative estimate of drug-likeness (QED) is 0.349. The maximum atomic E-state index is 14.5. The minimum atomic E-state index is -1.00. The number of halogens is 2. The summed E-state index contributed by atoms with van der Waals surface area (Å²) in [5.41, 5.74) is 0.941. The van der Waals surface area contributed by atoms with Gasteiger partial charge in [-0.15, -0.1) is 0 Å². The number of rotatable bonds is 9. The van der Waals surface area contributed by atoms with E-state index in [1.807, 2.05) is 18.7 Å². The van der Waals surface area contributed by atoms with Gasteiger partial charge >= 0.3 is 5.97 Å². The normalized spacial score (nSPS) is 20.9. The van der Waals surface area contributed by atoms with Crippen molar-refractivity contribution in [2.24, 2.45) is 23.2 Å². The molecule has 0 aromatic heterocycles. The number of carbonyl (C=O) groups is 3. The number of benzene rings is 1. The Labute approximate surface area is 219 Å². The maximum absolute atomic E-state index is 14.5. The van der Waals surface area contributed by atoms with Crippen LogP contribution in [0.25, 0.3) is 0 Å². The van der Waals surface area contributed by atoms with Crippen LogP contribution < -0.4 is 10.2 Å². The Kier molecular flexibility index (Phi) is 10.1. The van der Waals surface area contributed by atoms with Crippen molar-refractivity contribution in [2.75, 3.05) is 31.6 Å². The predicted molar refractivity (Wildman–Crippen MR) is 139 cm³/mol. The van der Waals surface area contributed by atoms with E-state index in [4.69, 9.17) is 4.74 Å². The fourth-order valence-corrected chi connectivity index (χ4v) is 5.81. The van der Waals surface area contributed by atoms with Crippen LogP contribution in [0.15, 0.2) is 12.1 Å². The third-order valence-electron chi connectivity index (χ3n) is 8.13. The van der Waals surface area contributed by atoms with Crippen molar-refractivity contribution in [1.82, 2.24) is 5.32 Å². The molecular weight excluding hydrogens is 478 g/mol. The summed E-state index contributed by atoms with van der Waals surface area (Å²) in [4.78, 5) is 35.6. The van der Waals surface area contributed by atoms with Gasteiger partial charge in [-0.3, -0.25) is 9.59 Å². The number of ether oxygens (including phenoxy) is 1. The lowest BCUT2D eigenvalue weighted by Gasteiger charge is -2.54. The zero-order chi connectivity index (χ0) is 27.2. The molecule has 3 aliphatic rings. The van der Waals surface area contributed by atoms with E-state index in [-0.39, 0.29) is 30.3 Å². The average molecular weight is 521 g/mol. The van der Waals surface area contributed by atoms with E-state index < -0.39 is 23.5 Å². The molecule has 1 heterocycles. The van der Waals surface area contributed by atoms with E-state index in [2.05, 4.69) is 12.2 Å². The second kappa shape index (κ2) is 12.8. The smallest absolute Gasteiger partial charge is 0.308 e. The van der Waals surface area contributed by atoms with Crippen molar-refractivity contribution in [2.45, 2.75) is 78.1 Å². The summed E-state index contributed by atoms with van der Waals surface area (Å²) in [6, 6.07) is 2.57. The maximum Gasteiger partial charge on any atom is 0.308 e. The van der Waals surface area contributed by atoms with E-state index in [0.29, 0.717) is 35.8 Å². The molecule has 1 aromatic rings. The summed E-state index contributed by atoms with van der Waals surface area (Å²) >= 11 is 0. The number of carbonyl (C=O) groups excluding carboxylic acids is 3. The second-order valence-corrected chi connectivity index (χ2v) is 11.5. The largest absolute Gasteiger partial charge is 0.465 e. The third-order valence-corrected chi connectivity index (χ3v) is 8.13. The molecule has 3 fully saturated rings. The van der Waals surface area contributed by atoms with Crippen LogP contribution >= 0.6 is 0 Å². The van der Waals surface area contributed by atoms with Gasteiger partial charge in [0.25, 0.3) is 0 Å². The fourth-order valence-electron chi connectivity index (χ4n) is 5.81. The van der Waals surface area contributed by atoms with Gasteiger partial charge in [-0.2, -0.15) is 0 Å². The molecule has 8 heteroatoms. The van der Waals surface area contributed by atoms with E-state index in [0.717, 1.165) is 19.5 Å². The number of hydrogen-bond acceptors (Lipinski definition) is 5. The lowest BCUT2D eigenvalue weighted by Crippen LogP contribution is -2.44. The number of aldehydes is 1. The molecule has 6 nitrogen and oxygen atoms in total. The molecule has 2 atom stereocenters. The fraction of sp³-hybridized carbons (Fsp3) is 0.690. The van der Waals surface area contributed by atoms with Gasteiger partial charge in [-0.25, -0.2) is 8.78 Å². The predicted octanol–water partition coefficient (Wildman–Crippen LogP) is 5.39. The van der Waals surface area contributed by atoms with Gasteiger partial charge in [0.1, 0.15) is 17.9 Å². The zero-order valence-corrected chi connectivity index (χ0v) is 22.7. The number of esters is 1. The Bertz CT molecular complexity index is 932. The van der Waals surface area contributed by atoms with E-state index in [1.54, 1.807) is 0 Å². The lowest BCUT2D eigenvalue weighted by atomic mass is 9.52. The van der Waals surface area contributed by atoms with Gasteiger partial charge in [-0.05, 0) is 67.9 Å². The first-order chi connectivity index (χ1) is 17.6. The zero-order valence-electron chi connectivity index (χ0n) is 22.7. The molecule has 1 aliphatic heterocycles. The van der Waals surface area contributed by atoms with Crippen LogP contribution in [0.5, 0.6) is 0 Å². The Hall–Kier alpha value is -2.51. The first kappa shape index (κ1) is 29.1. The first-order valence-corrected chi connectivity index (χ1v) is 13.6. The van der Waals surface area contributed by atoms with Crippen LogP contribution in [0.4, 0.5) is 14.5 Å². The van der Waals surface area contributed by atoms with Crippen molar-refractivity contribution < 1.29 is 27.9 Å². The number of nitrogens with one attached hydrogen (secondary N) is 1. The molecular formula is C29H42F2N2O4. The van der Waals surface area contributed by atoms with Crippen LogP contribution in [0.2, 0.25) is 0 Å². The number of anilines is 1. The molecule has 37 heavy (non-hydrogen) atoms. The number of hydrogen-bond donors (Lipinski definition) is 1. The Morgan fingerprint density at radius 3 is 2.32 bits per heavy atom. The monoisotopic (exact) mass is 520 g/mol. The van der Waals surface area contributed by atoms with Crippen molar-refractivity contribution >= 4 is 23.9 Å². The van der Waals surface area contributed by atoms with Gasteiger partial charge in [0, 0.05) is 37.8 Å². The second-order valence-electron chi connectivity index (χ2n) is 11.5. The Balaban J connectivity index is 0.000000231. The number of nitrogens with zero attached hydrogens (tertiary/aromatic N) is 1. The first-order valence-electron chi connectivity index (χ1n) is 13.6. The highest BCUT2D eigenvalue weighted by Crippen LogP contribution is 2.58. The highest BCUT2D eigenvalue weighted by molar-refractivity contribution is 5.84. The van der Waals surface area contributed by atoms with Crippen LogP contribution in [-0.4, -0.2) is 44.9 Å². The SMILES string of the molecule is CC(C)C(=O)OCC1CC2(CCC2)C1.CNC(=O)C(CCC=O)c1c(F)cc(N2CCC(C)C2)cc1F.